The molecule has 0 aromatic rings. The number of amides is 2. The molecule has 0 aliphatic heterocycles. The van der Waals surface area contributed by atoms with Gasteiger partial charge in [0, 0.05) is 26.9 Å². The molecule has 0 rings (SSSR count). The number of hydrogen-bond donors (Lipinski definition) is 0. The lowest BCUT2D eigenvalue weighted by atomic mass is 9.97. The molecule has 5 heteroatoms. The topological polar surface area (TPSA) is 57.7 Å². The number of nitrogens with zero attached hydrogens (tertiary/aromatic N) is 2. The standard InChI is InChI=1S/C20H38N2O3/c1-9-11-17(23)16(10-2)21(7)20(25)19(15(5)6)22(8)18(24)13-12-14(3)4/h14-16,19H,9-13H2,1-8H3/t16-,19+/m1/s1. The summed E-state index contributed by atoms with van der Waals surface area (Å²) in [5.41, 5.74) is 0. The molecule has 0 bridgehead atoms. The summed E-state index contributed by atoms with van der Waals surface area (Å²) < 4.78 is 0. The highest BCUT2D eigenvalue weighted by molar-refractivity contribution is 5.92. The van der Waals surface area contributed by atoms with E-state index in [2.05, 4.69) is 13.8 Å². The number of Topliss-reactive ketones (excluding diaryl/α,β-unsaturated/α-hetero) is 1. The number of likely N-dealkylation sites (N-methyl/N-ethyl adjacent to an activating group) is 2. The summed E-state index contributed by atoms with van der Waals surface area (Å²) >= 11 is 0. The second kappa shape index (κ2) is 11.3. The van der Waals surface area contributed by atoms with E-state index in [0.717, 1.165) is 12.8 Å². The zero-order valence-electron chi connectivity index (χ0n) is 17.5. The lowest BCUT2D eigenvalue weighted by molar-refractivity contribution is -0.149. The molecular weight excluding hydrogens is 316 g/mol. The zero-order chi connectivity index (χ0) is 19.7. The number of carbonyl (C=O) groups excluding carboxylic acids is 3. The second-order valence-electron chi connectivity index (χ2n) is 7.72. The molecule has 0 aromatic carbocycles. The summed E-state index contributed by atoms with van der Waals surface area (Å²) in [6.07, 6.45) is 3.10. The first-order valence-electron chi connectivity index (χ1n) is 9.63. The van der Waals surface area contributed by atoms with Gasteiger partial charge in [0.05, 0.1) is 6.04 Å². The van der Waals surface area contributed by atoms with Gasteiger partial charge in [-0.25, -0.2) is 0 Å². The molecule has 0 aliphatic rings. The Balaban J connectivity index is 5.26. The van der Waals surface area contributed by atoms with Gasteiger partial charge in [-0.2, -0.15) is 0 Å². The molecular formula is C20H38N2O3. The van der Waals surface area contributed by atoms with Crippen LogP contribution in [0.4, 0.5) is 0 Å². The van der Waals surface area contributed by atoms with Crippen molar-refractivity contribution in [2.75, 3.05) is 14.1 Å². The lowest BCUT2D eigenvalue weighted by Crippen LogP contribution is -2.54. The molecule has 0 saturated carbocycles. The predicted octanol–water partition coefficient (Wildman–Crippen LogP) is 3.51. The van der Waals surface area contributed by atoms with Gasteiger partial charge in [-0.15, -0.1) is 0 Å². The van der Waals surface area contributed by atoms with Gasteiger partial charge < -0.3 is 9.80 Å². The summed E-state index contributed by atoms with van der Waals surface area (Å²) in [5.74, 6) is 0.372. The van der Waals surface area contributed by atoms with Gasteiger partial charge in [0.15, 0.2) is 5.78 Å². The van der Waals surface area contributed by atoms with E-state index in [9.17, 15) is 14.4 Å². The van der Waals surface area contributed by atoms with Crippen molar-refractivity contribution in [3.8, 4) is 0 Å². The van der Waals surface area contributed by atoms with E-state index in [-0.39, 0.29) is 23.5 Å². The van der Waals surface area contributed by atoms with Crippen molar-refractivity contribution in [3.63, 3.8) is 0 Å². The van der Waals surface area contributed by atoms with Gasteiger partial charge in [-0.1, -0.05) is 41.5 Å². The van der Waals surface area contributed by atoms with Crippen LogP contribution in [0.1, 0.15) is 73.6 Å². The van der Waals surface area contributed by atoms with Crippen molar-refractivity contribution >= 4 is 17.6 Å². The van der Waals surface area contributed by atoms with Gasteiger partial charge in [-0.05, 0) is 31.1 Å². The Bertz CT molecular complexity index is 446. The van der Waals surface area contributed by atoms with Crippen LogP contribution in [0, 0.1) is 11.8 Å². The van der Waals surface area contributed by atoms with E-state index in [0.29, 0.717) is 25.2 Å². The Morgan fingerprint density at radius 2 is 1.44 bits per heavy atom. The third kappa shape index (κ3) is 7.17. The number of hydrogen-bond acceptors (Lipinski definition) is 3. The minimum atomic E-state index is -0.534. The van der Waals surface area contributed by atoms with Gasteiger partial charge in [-0.3, -0.25) is 14.4 Å². The highest BCUT2D eigenvalue weighted by Crippen LogP contribution is 2.18. The first-order chi connectivity index (χ1) is 11.6. The number of rotatable bonds is 11. The van der Waals surface area contributed by atoms with Crippen LogP contribution in [0.25, 0.3) is 0 Å². The Morgan fingerprint density at radius 3 is 1.84 bits per heavy atom. The fourth-order valence-electron chi connectivity index (χ4n) is 3.13. The van der Waals surface area contributed by atoms with Crippen molar-refractivity contribution in [1.29, 1.82) is 0 Å². The molecule has 0 aliphatic carbocycles. The molecule has 0 heterocycles. The molecule has 0 saturated heterocycles. The van der Waals surface area contributed by atoms with E-state index >= 15 is 0 Å². The molecule has 0 fully saturated rings. The summed E-state index contributed by atoms with van der Waals surface area (Å²) in [7, 11) is 3.39. The van der Waals surface area contributed by atoms with Crippen LogP contribution in [0.3, 0.4) is 0 Å². The molecule has 5 nitrogen and oxygen atoms in total. The molecule has 0 radical (unpaired) electrons. The molecule has 0 unspecified atom stereocenters. The maximum atomic E-state index is 13.1. The van der Waals surface area contributed by atoms with Crippen LogP contribution in [0.15, 0.2) is 0 Å². The van der Waals surface area contributed by atoms with E-state index in [4.69, 9.17) is 0 Å². The first kappa shape index (κ1) is 23.6. The van der Waals surface area contributed by atoms with Crippen molar-refractivity contribution in [2.45, 2.75) is 85.7 Å². The quantitative estimate of drug-likeness (QED) is 0.570. The van der Waals surface area contributed by atoms with Gasteiger partial charge >= 0.3 is 0 Å². The Labute approximate surface area is 154 Å². The number of ketones is 1. The third-order valence-electron chi connectivity index (χ3n) is 4.70. The van der Waals surface area contributed by atoms with Crippen molar-refractivity contribution in [2.24, 2.45) is 11.8 Å². The van der Waals surface area contributed by atoms with Gasteiger partial charge in [0.1, 0.15) is 6.04 Å². The molecule has 25 heavy (non-hydrogen) atoms. The van der Waals surface area contributed by atoms with E-state index < -0.39 is 12.1 Å². The van der Waals surface area contributed by atoms with E-state index in [1.807, 2.05) is 27.7 Å². The van der Waals surface area contributed by atoms with Crippen molar-refractivity contribution in [3.05, 3.63) is 0 Å². The van der Waals surface area contributed by atoms with E-state index in [1.54, 1.807) is 23.9 Å². The minimum absolute atomic E-state index is 0.0120. The van der Waals surface area contributed by atoms with Crippen molar-refractivity contribution in [1.82, 2.24) is 9.80 Å². The van der Waals surface area contributed by atoms with Crippen LogP contribution in [0.2, 0.25) is 0 Å². The molecule has 0 spiro atoms. The molecule has 0 aromatic heterocycles. The molecule has 146 valence electrons. The van der Waals surface area contributed by atoms with Crippen LogP contribution < -0.4 is 0 Å². The van der Waals surface area contributed by atoms with E-state index in [1.165, 1.54) is 0 Å². The summed E-state index contributed by atoms with van der Waals surface area (Å²) in [4.78, 5) is 41.0. The normalized spacial score (nSPS) is 13.7. The Hall–Kier alpha value is -1.39. The molecule has 2 atom stereocenters. The van der Waals surface area contributed by atoms with Crippen LogP contribution >= 0.6 is 0 Å². The average Bonchev–Trinajstić information content (AvgIpc) is 2.52. The smallest absolute Gasteiger partial charge is 0.245 e. The van der Waals surface area contributed by atoms with Gasteiger partial charge in [0.2, 0.25) is 11.8 Å². The average molecular weight is 355 g/mol. The minimum Gasteiger partial charge on any atom is -0.334 e. The maximum absolute atomic E-state index is 13.1. The van der Waals surface area contributed by atoms with Crippen LogP contribution in [-0.2, 0) is 14.4 Å². The highest BCUT2D eigenvalue weighted by atomic mass is 16.2. The largest absolute Gasteiger partial charge is 0.334 e. The first-order valence-corrected chi connectivity index (χ1v) is 9.63. The molecule has 0 N–H and O–H groups in total. The maximum Gasteiger partial charge on any atom is 0.245 e. The highest BCUT2D eigenvalue weighted by Gasteiger charge is 2.35. The second-order valence-corrected chi connectivity index (χ2v) is 7.72. The third-order valence-corrected chi connectivity index (χ3v) is 4.70. The van der Waals surface area contributed by atoms with Gasteiger partial charge in [0.25, 0.3) is 0 Å². The van der Waals surface area contributed by atoms with Crippen LogP contribution in [0.5, 0.6) is 0 Å². The summed E-state index contributed by atoms with van der Waals surface area (Å²) in [5, 5.41) is 0. The zero-order valence-corrected chi connectivity index (χ0v) is 17.5. The summed E-state index contributed by atoms with van der Waals surface area (Å²) in [6.45, 7) is 11.9. The van der Waals surface area contributed by atoms with Crippen LogP contribution in [-0.4, -0.2) is 53.6 Å². The fourth-order valence-corrected chi connectivity index (χ4v) is 3.13. The molecule has 2 amide bonds. The Morgan fingerprint density at radius 1 is 0.880 bits per heavy atom. The Kier molecular flexibility index (Phi) is 10.6. The van der Waals surface area contributed by atoms with Crippen molar-refractivity contribution < 1.29 is 14.4 Å². The monoisotopic (exact) mass is 354 g/mol. The fraction of sp³-hybridized carbons (Fsp3) is 0.850. The lowest BCUT2D eigenvalue weighted by Gasteiger charge is -2.36. The SMILES string of the molecule is CCCC(=O)[C@@H](CC)N(C)C(=O)[C@H](C(C)C)N(C)C(=O)CCC(C)C. The predicted molar refractivity (Wildman–Crippen MR) is 102 cm³/mol. The summed E-state index contributed by atoms with van der Waals surface area (Å²) in [6, 6.07) is -0.944. The number of carbonyl (C=O) groups is 3.